The molecule has 0 saturated carbocycles. The monoisotopic (exact) mass is 400 g/mol. The predicted octanol–water partition coefficient (Wildman–Crippen LogP) is 3.87. The summed E-state index contributed by atoms with van der Waals surface area (Å²) in [5.74, 6) is 0.804. The molecule has 0 radical (unpaired) electrons. The number of anilines is 1. The Morgan fingerprint density at radius 1 is 1.19 bits per heavy atom. The number of fused-ring (bicyclic) bond motifs is 3. The Morgan fingerprint density at radius 2 is 1.85 bits per heavy atom. The van der Waals surface area contributed by atoms with Gasteiger partial charge in [-0.2, -0.15) is 0 Å². The number of benzene rings is 2. The molecule has 0 bridgehead atoms. The summed E-state index contributed by atoms with van der Waals surface area (Å²) in [6.07, 6.45) is 0. The van der Waals surface area contributed by atoms with E-state index in [1.54, 1.807) is 18.4 Å². The van der Waals surface area contributed by atoms with Crippen molar-refractivity contribution in [2.24, 2.45) is 10.7 Å². The fraction of sp³-hybridized carbons (Fsp3) is 0.350. The number of hydrogen-bond donors (Lipinski definition) is 1. The highest BCUT2D eigenvalue weighted by molar-refractivity contribution is 7.83. The summed E-state index contributed by atoms with van der Waals surface area (Å²) >= 11 is 1.81. The van der Waals surface area contributed by atoms with Crippen molar-refractivity contribution >= 4 is 54.1 Å². The first-order valence-electron chi connectivity index (χ1n) is 9.18. The van der Waals surface area contributed by atoms with E-state index in [-0.39, 0.29) is 6.04 Å². The molecule has 2 N–H and O–H groups in total. The van der Waals surface area contributed by atoms with E-state index in [9.17, 15) is 4.21 Å². The molecule has 1 aliphatic heterocycles. The van der Waals surface area contributed by atoms with Crippen LogP contribution in [0.2, 0.25) is 0 Å². The molecule has 2 unspecified atom stereocenters. The predicted molar refractivity (Wildman–Crippen MR) is 118 cm³/mol. The number of nitrogens with two attached hydrogens (primary N) is 1. The zero-order chi connectivity index (χ0) is 19.1. The van der Waals surface area contributed by atoms with Gasteiger partial charge in [-0.15, -0.1) is 11.3 Å². The largest absolute Gasteiger partial charge is 0.372 e. The van der Waals surface area contributed by atoms with Crippen LogP contribution in [0.4, 0.5) is 5.69 Å². The van der Waals surface area contributed by atoms with Crippen LogP contribution in [0.3, 0.4) is 0 Å². The molecule has 1 aromatic heterocycles. The van der Waals surface area contributed by atoms with Crippen molar-refractivity contribution < 1.29 is 4.21 Å². The lowest BCUT2D eigenvalue weighted by Gasteiger charge is -2.26. The van der Waals surface area contributed by atoms with E-state index in [1.165, 1.54) is 30.2 Å². The maximum atomic E-state index is 12.3. The SMILES string of the molecule is CCN(CC)c1ccc2sc3ccc(C4CS(=O)N(C)C(N)=N4)cc3c2c1. The van der Waals surface area contributed by atoms with Crippen molar-refractivity contribution in [3.8, 4) is 0 Å². The topological polar surface area (TPSA) is 61.9 Å². The summed E-state index contributed by atoms with van der Waals surface area (Å²) in [5.41, 5.74) is 8.26. The van der Waals surface area contributed by atoms with E-state index in [0.29, 0.717) is 11.7 Å². The quantitative estimate of drug-likeness (QED) is 0.723. The zero-order valence-corrected chi connectivity index (χ0v) is 17.4. The number of aliphatic imine (C=N–C) groups is 1. The first-order chi connectivity index (χ1) is 13.0. The number of rotatable bonds is 4. The summed E-state index contributed by atoms with van der Waals surface area (Å²) in [6, 6.07) is 13.0. The van der Waals surface area contributed by atoms with Crippen LogP contribution >= 0.6 is 11.3 Å². The van der Waals surface area contributed by atoms with Crippen molar-refractivity contribution in [1.82, 2.24) is 4.31 Å². The van der Waals surface area contributed by atoms with Crippen molar-refractivity contribution in [2.45, 2.75) is 19.9 Å². The van der Waals surface area contributed by atoms with Gasteiger partial charge in [-0.25, -0.2) is 9.20 Å². The Morgan fingerprint density at radius 3 is 2.52 bits per heavy atom. The molecule has 2 atom stereocenters. The third kappa shape index (κ3) is 3.19. The van der Waals surface area contributed by atoms with Gasteiger partial charge in [0.05, 0.1) is 11.8 Å². The van der Waals surface area contributed by atoms with Crippen LogP contribution in [0.5, 0.6) is 0 Å². The third-order valence-corrected chi connectivity index (χ3v) is 7.76. The van der Waals surface area contributed by atoms with Crippen molar-refractivity contribution in [3.63, 3.8) is 0 Å². The van der Waals surface area contributed by atoms with Gasteiger partial charge in [0.1, 0.15) is 11.0 Å². The van der Waals surface area contributed by atoms with E-state index in [4.69, 9.17) is 5.73 Å². The Balaban J connectivity index is 1.82. The van der Waals surface area contributed by atoms with Crippen molar-refractivity contribution in [2.75, 3.05) is 30.8 Å². The van der Waals surface area contributed by atoms with E-state index in [2.05, 4.69) is 60.1 Å². The molecule has 1 aliphatic rings. The minimum Gasteiger partial charge on any atom is -0.372 e. The van der Waals surface area contributed by atoms with Gasteiger partial charge < -0.3 is 10.6 Å². The van der Waals surface area contributed by atoms with Crippen LogP contribution in [-0.4, -0.2) is 40.4 Å². The van der Waals surface area contributed by atoms with Crippen LogP contribution in [0.25, 0.3) is 20.2 Å². The molecule has 142 valence electrons. The van der Waals surface area contributed by atoms with E-state index < -0.39 is 11.0 Å². The van der Waals surface area contributed by atoms with Gasteiger partial charge in [-0.1, -0.05) is 6.07 Å². The second kappa shape index (κ2) is 7.13. The Labute approximate surface area is 166 Å². The number of guanidine groups is 1. The van der Waals surface area contributed by atoms with E-state index in [0.717, 1.165) is 18.7 Å². The fourth-order valence-corrected chi connectivity index (χ4v) is 5.66. The second-order valence-corrected chi connectivity index (χ2v) is 9.31. The van der Waals surface area contributed by atoms with E-state index in [1.807, 2.05) is 0 Å². The van der Waals surface area contributed by atoms with Crippen molar-refractivity contribution in [3.05, 3.63) is 42.0 Å². The standard InChI is InChI=1S/C20H24N4OS2/c1-4-24(5-2)14-7-9-19-16(11-14)15-10-13(6-8-18(15)26-19)17-12-27(25)23(3)20(21)22-17/h6-11,17H,4-5,12H2,1-3H3,(H2,21,22). The molecule has 3 aromatic rings. The number of hydrogen-bond acceptors (Lipinski definition) is 5. The Kier molecular flexibility index (Phi) is 4.82. The van der Waals surface area contributed by atoms with E-state index >= 15 is 0 Å². The summed E-state index contributed by atoms with van der Waals surface area (Å²) in [7, 11) is 0.582. The average Bonchev–Trinajstić information content (AvgIpc) is 3.04. The van der Waals surface area contributed by atoms with Crippen LogP contribution in [0.1, 0.15) is 25.5 Å². The first kappa shape index (κ1) is 18.3. The molecule has 0 aliphatic carbocycles. The van der Waals surface area contributed by atoms with Crippen LogP contribution < -0.4 is 10.6 Å². The number of nitrogens with zero attached hydrogens (tertiary/aromatic N) is 3. The lowest BCUT2D eigenvalue weighted by molar-refractivity contribution is 0.616. The highest BCUT2D eigenvalue weighted by Crippen LogP contribution is 2.38. The average molecular weight is 401 g/mol. The molecule has 2 heterocycles. The molecule has 27 heavy (non-hydrogen) atoms. The summed E-state index contributed by atoms with van der Waals surface area (Å²) in [4.78, 5) is 6.91. The smallest absolute Gasteiger partial charge is 0.203 e. The molecular formula is C20H24N4OS2. The van der Waals surface area contributed by atoms with Gasteiger partial charge >= 0.3 is 0 Å². The number of thiophene rings is 1. The maximum absolute atomic E-state index is 12.3. The minimum absolute atomic E-state index is 0.160. The Bertz CT molecular complexity index is 1050. The summed E-state index contributed by atoms with van der Waals surface area (Å²) < 4.78 is 16.4. The minimum atomic E-state index is -1.14. The molecular weight excluding hydrogens is 376 g/mol. The highest BCUT2D eigenvalue weighted by atomic mass is 32.2. The van der Waals surface area contributed by atoms with Crippen LogP contribution in [0, 0.1) is 0 Å². The molecule has 0 fully saturated rings. The fourth-order valence-electron chi connectivity index (χ4n) is 3.58. The Hall–Kier alpha value is -2.12. The normalized spacial score (nSPS) is 20.3. The molecule has 7 heteroatoms. The highest BCUT2D eigenvalue weighted by Gasteiger charge is 2.25. The van der Waals surface area contributed by atoms with Gasteiger partial charge in [-0.05, 0) is 49.7 Å². The lowest BCUT2D eigenvalue weighted by Crippen LogP contribution is -2.41. The summed E-state index contributed by atoms with van der Waals surface area (Å²) in [5, 5.41) is 2.51. The zero-order valence-electron chi connectivity index (χ0n) is 15.8. The van der Waals surface area contributed by atoms with Crippen LogP contribution in [-0.2, 0) is 11.0 Å². The molecule has 0 saturated heterocycles. The van der Waals surface area contributed by atoms with Crippen molar-refractivity contribution in [1.29, 1.82) is 0 Å². The lowest BCUT2D eigenvalue weighted by atomic mass is 10.0. The molecule has 5 nitrogen and oxygen atoms in total. The molecule has 0 amide bonds. The second-order valence-electron chi connectivity index (χ2n) is 6.70. The van der Waals surface area contributed by atoms with Crippen LogP contribution in [0.15, 0.2) is 41.4 Å². The third-order valence-electron chi connectivity index (χ3n) is 5.21. The van der Waals surface area contributed by atoms with Gasteiger partial charge in [0.25, 0.3) is 0 Å². The maximum Gasteiger partial charge on any atom is 0.203 e. The van der Waals surface area contributed by atoms with Gasteiger partial charge in [0.15, 0.2) is 0 Å². The molecule has 4 rings (SSSR count). The first-order valence-corrected chi connectivity index (χ1v) is 11.3. The molecule has 0 spiro atoms. The van der Waals surface area contributed by atoms with Gasteiger partial charge in [-0.3, -0.25) is 4.31 Å². The molecule has 2 aromatic carbocycles. The van der Waals surface area contributed by atoms with Gasteiger partial charge in [0, 0.05) is 46.0 Å². The van der Waals surface area contributed by atoms with Gasteiger partial charge in [0.2, 0.25) is 5.96 Å². The summed E-state index contributed by atoms with van der Waals surface area (Å²) in [6.45, 7) is 6.34.